The van der Waals surface area contributed by atoms with Gasteiger partial charge in [0.25, 0.3) is 10.0 Å². The Bertz CT molecular complexity index is 1420. The molecule has 0 radical (unpaired) electrons. The molecule has 0 atom stereocenters. The van der Waals surface area contributed by atoms with Gasteiger partial charge in [-0.1, -0.05) is 40.9 Å². The number of hydrogen-bond donors (Lipinski definition) is 1. The standard InChI is InChI=1S/C21H14Cl3NO4S2/c22-14-3-5-18-15(10-14)13(2-7-20(26)27)11-25(18)31(28,29)21-8-6-19(30-21)12-1-4-16(23)17(24)9-12/h1,3-6,8-11H,2,7H2,(H,26,27). The number of hydrogen-bond acceptors (Lipinski definition) is 4. The Balaban J connectivity index is 1.79. The van der Waals surface area contributed by atoms with Crippen LogP contribution in [0.4, 0.5) is 0 Å². The van der Waals surface area contributed by atoms with Crippen LogP contribution in [0.15, 0.2) is 58.9 Å². The van der Waals surface area contributed by atoms with Gasteiger partial charge < -0.3 is 5.11 Å². The summed E-state index contributed by atoms with van der Waals surface area (Å²) in [6.45, 7) is 0. The lowest BCUT2D eigenvalue weighted by molar-refractivity contribution is -0.136. The molecule has 10 heteroatoms. The molecule has 1 N–H and O–H groups in total. The van der Waals surface area contributed by atoms with Crippen LogP contribution in [-0.2, 0) is 21.2 Å². The molecule has 0 aliphatic rings. The third kappa shape index (κ3) is 4.33. The van der Waals surface area contributed by atoms with Gasteiger partial charge in [-0.15, -0.1) is 11.3 Å². The van der Waals surface area contributed by atoms with Gasteiger partial charge in [0.15, 0.2) is 0 Å². The molecule has 0 bridgehead atoms. The van der Waals surface area contributed by atoms with Crippen LogP contribution in [0.25, 0.3) is 21.3 Å². The third-order valence-corrected chi connectivity index (χ3v) is 8.97. The van der Waals surface area contributed by atoms with Crippen LogP contribution in [0, 0.1) is 0 Å². The number of aromatic nitrogens is 1. The van der Waals surface area contributed by atoms with Gasteiger partial charge in [-0.25, -0.2) is 3.97 Å². The van der Waals surface area contributed by atoms with E-state index in [0.717, 1.165) is 21.8 Å². The highest BCUT2D eigenvalue weighted by atomic mass is 35.5. The Hall–Kier alpha value is -2.03. The average molecular weight is 515 g/mol. The zero-order valence-electron chi connectivity index (χ0n) is 15.7. The predicted octanol–water partition coefficient (Wildman–Crippen LogP) is 6.58. The Morgan fingerprint density at radius 3 is 2.48 bits per heavy atom. The molecule has 0 fully saturated rings. The number of thiophene rings is 1. The second-order valence-corrected chi connectivity index (χ2v) is 11.1. The molecule has 2 aromatic heterocycles. The van der Waals surface area contributed by atoms with E-state index in [1.807, 2.05) is 0 Å². The van der Waals surface area contributed by atoms with E-state index >= 15 is 0 Å². The first-order valence-electron chi connectivity index (χ1n) is 8.99. The Morgan fingerprint density at radius 1 is 1.00 bits per heavy atom. The van der Waals surface area contributed by atoms with E-state index < -0.39 is 16.0 Å². The predicted molar refractivity (Wildman–Crippen MR) is 125 cm³/mol. The number of halogens is 3. The summed E-state index contributed by atoms with van der Waals surface area (Å²) in [4.78, 5) is 11.7. The van der Waals surface area contributed by atoms with Crippen molar-refractivity contribution >= 4 is 73.0 Å². The van der Waals surface area contributed by atoms with Gasteiger partial charge in [-0.3, -0.25) is 4.79 Å². The summed E-state index contributed by atoms with van der Waals surface area (Å²) in [5.74, 6) is -0.963. The first-order valence-corrected chi connectivity index (χ1v) is 12.4. The molecule has 0 unspecified atom stereocenters. The lowest BCUT2D eigenvalue weighted by Crippen LogP contribution is -2.10. The van der Waals surface area contributed by atoms with E-state index in [2.05, 4.69) is 0 Å². The molecule has 2 aromatic carbocycles. The highest BCUT2D eigenvalue weighted by Gasteiger charge is 2.24. The summed E-state index contributed by atoms with van der Waals surface area (Å²) in [6.07, 6.45) is 1.54. The number of carboxylic acids is 1. The first-order chi connectivity index (χ1) is 14.7. The molecule has 0 aliphatic carbocycles. The van der Waals surface area contributed by atoms with Crippen molar-refractivity contribution in [3.63, 3.8) is 0 Å². The smallest absolute Gasteiger partial charge is 0.303 e. The molecule has 0 saturated carbocycles. The van der Waals surface area contributed by atoms with Crippen molar-refractivity contribution in [2.45, 2.75) is 17.1 Å². The monoisotopic (exact) mass is 513 g/mol. The fraction of sp³-hybridized carbons (Fsp3) is 0.0952. The summed E-state index contributed by atoms with van der Waals surface area (Å²) in [5.41, 5.74) is 1.80. The number of carbonyl (C=O) groups is 1. The largest absolute Gasteiger partial charge is 0.481 e. The summed E-state index contributed by atoms with van der Waals surface area (Å²) in [6, 6.07) is 13.2. The minimum atomic E-state index is -3.92. The molecule has 0 aliphatic heterocycles. The zero-order chi connectivity index (χ0) is 22.3. The molecular weight excluding hydrogens is 501 g/mol. The molecule has 4 aromatic rings. The fourth-order valence-corrected chi connectivity index (χ4v) is 6.49. The summed E-state index contributed by atoms with van der Waals surface area (Å²) >= 11 is 19.3. The second kappa shape index (κ2) is 8.48. The lowest BCUT2D eigenvalue weighted by atomic mass is 10.1. The van der Waals surface area contributed by atoms with Gasteiger partial charge >= 0.3 is 5.97 Å². The highest BCUT2D eigenvalue weighted by Crippen LogP contribution is 2.36. The van der Waals surface area contributed by atoms with Crippen molar-refractivity contribution in [1.82, 2.24) is 3.97 Å². The molecule has 31 heavy (non-hydrogen) atoms. The molecule has 0 saturated heterocycles. The van der Waals surface area contributed by atoms with Gasteiger partial charge in [-0.2, -0.15) is 8.42 Å². The average Bonchev–Trinajstić information content (AvgIpc) is 3.34. The normalized spacial score (nSPS) is 11.8. The van der Waals surface area contributed by atoms with Gasteiger partial charge in [0.05, 0.1) is 15.6 Å². The number of fused-ring (bicyclic) bond motifs is 1. The Morgan fingerprint density at radius 2 is 1.77 bits per heavy atom. The van der Waals surface area contributed by atoms with Crippen molar-refractivity contribution in [2.75, 3.05) is 0 Å². The van der Waals surface area contributed by atoms with Crippen molar-refractivity contribution in [3.05, 3.63) is 75.4 Å². The van der Waals surface area contributed by atoms with Crippen LogP contribution in [0.3, 0.4) is 0 Å². The number of carboxylic acid groups (broad SMARTS) is 1. The van der Waals surface area contributed by atoms with Gasteiger partial charge in [-0.05, 0) is 60.0 Å². The SMILES string of the molecule is O=C(O)CCc1cn(S(=O)(=O)c2ccc(-c3ccc(Cl)c(Cl)c3)s2)c2ccc(Cl)cc12. The van der Waals surface area contributed by atoms with Crippen LogP contribution in [-0.4, -0.2) is 23.5 Å². The molecular formula is C21H14Cl3NO4S2. The van der Waals surface area contributed by atoms with E-state index in [4.69, 9.17) is 39.9 Å². The van der Waals surface area contributed by atoms with E-state index in [1.165, 1.54) is 16.2 Å². The van der Waals surface area contributed by atoms with E-state index in [0.29, 0.717) is 31.5 Å². The minimum Gasteiger partial charge on any atom is -0.481 e. The molecule has 2 heterocycles. The van der Waals surface area contributed by atoms with Crippen molar-refractivity contribution in [1.29, 1.82) is 0 Å². The van der Waals surface area contributed by atoms with Crippen LogP contribution < -0.4 is 0 Å². The maximum atomic E-state index is 13.4. The topological polar surface area (TPSA) is 76.4 Å². The van der Waals surface area contributed by atoms with Crippen LogP contribution >= 0.6 is 46.1 Å². The van der Waals surface area contributed by atoms with Crippen molar-refractivity contribution in [3.8, 4) is 10.4 Å². The third-order valence-electron chi connectivity index (χ3n) is 4.72. The summed E-state index contributed by atoms with van der Waals surface area (Å²) in [7, 11) is -3.92. The maximum absolute atomic E-state index is 13.4. The maximum Gasteiger partial charge on any atom is 0.303 e. The summed E-state index contributed by atoms with van der Waals surface area (Å²) < 4.78 is 28.2. The van der Waals surface area contributed by atoms with Crippen LogP contribution in [0.5, 0.6) is 0 Å². The van der Waals surface area contributed by atoms with Gasteiger partial charge in [0.2, 0.25) is 0 Å². The Kier molecular flexibility index (Phi) is 6.07. The quantitative estimate of drug-likeness (QED) is 0.315. The van der Waals surface area contributed by atoms with Crippen molar-refractivity contribution < 1.29 is 18.3 Å². The van der Waals surface area contributed by atoms with E-state index in [-0.39, 0.29) is 17.1 Å². The van der Waals surface area contributed by atoms with Crippen LogP contribution in [0.1, 0.15) is 12.0 Å². The zero-order valence-corrected chi connectivity index (χ0v) is 19.6. The van der Waals surface area contributed by atoms with E-state index in [9.17, 15) is 13.2 Å². The number of rotatable bonds is 6. The number of aryl methyl sites for hydroxylation is 1. The minimum absolute atomic E-state index is 0.119. The number of aliphatic carboxylic acids is 1. The first kappa shape index (κ1) is 22.2. The van der Waals surface area contributed by atoms with Crippen molar-refractivity contribution in [2.24, 2.45) is 0 Å². The number of benzene rings is 2. The van der Waals surface area contributed by atoms with Gasteiger partial charge in [0.1, 0.15) is 4.21 Å². The molecule has 5 nitrogen and oxygen atoms in total. The highest BCUT2D eigenvalue weighted by molar-refractivity contribution is 7.92. The Labute approximate surface area is 197 Å². The van der Waals surface area contributed by atoms with E-state index in [1.54, 1.807) is 42.5 Å². The second-order valence-electron chi connectivity index (χ2n) is 6.76. The van der Waals surface area contributed by atoms with Gasteiger partial charge in [0, 0.05) is 27.9 Å². The summed E-state index contributed by atoms with van der Waals surface area (Å²) in [5, 5.41) is 10.9. The van der Waals surface area contributed by atoms with Crippen LogP contribution in [0.2, 0.25) is 15.1 Å². The molecule has 160 valence electrons. The molecule has 0 amide bonds. The molecule has 4 rings (SSSR count). The lowest BCUT2D eigenvalue weighted by Gasteiger charge is -2.05. The number of nitrogens with zero attached hydrogens (tertiary/aromatic N) is 1. The molecule has 0 spiro atoms. The fourth-order valence-electron chi connectivity index (χ4n) is 3.24.